The number of hydrogen-bond acceptors (Lipinski definition) is 4. The Hall–Kier alpha value is -1.59. The number of para-hydroxylation sites is 1. The van der Waals surface area contributed by atoms with Gasteiger partial charge in [-0.25, -0.2) is 0 Å². The minimum Gasteiger partial charge on any atom is -0.481 e. The molecular weight excluding hydrogens is 232 g/mol. The van der Waals surface area contributed by atoms with Crippen molar-refractivity contribution < 1.29 is 14.3 Å². The maximum Gasteiger partial charge on any atom is 0.260 e. The van der Waals surface area contributed by atoms with Crippen LogP contribution >= 0.6 is 0 Å². The van der Waals surface area contributed by atoms with Crippen LogP contribution in [0.2, 0.25) is 0 Å². The molecule has 3 N–H and O–H groups in total. The Morgan fingerprint density at radius 1 is 1.44 bits per heavy atom. The highest BCUT2D eigenvalue weighted by molar-refractivity contribution is 5.80. The molecule has 1 rings (SSSR count). The maximum atomic E-state index is 11.7. The smallest absolute Gasteiger partial charge is 0.260 e. The summed E-state index contributed by atoms with van der Waals surface area (Å²) in [6, 6.07) is 7.43. The first-order valence-electron chi connectivity index (χ1n) is 5.90. The number of rotatable bonds is 7. The summed E-state index contributed by atoms with van der Waals surface area (Å²) < 4.78 is 10.5. The van der Waals surface area contributed by atoms with Gasteiger partial charge >= 0.3 is 0 Å². The first-order chi connectivity index (χ1) is 8.69. The summed E-state index contributed by atoms with van der Waals surface area (Å²) in [6.45, 7) is 3.04. The quantitative estimate of drug-likeness (QED) is 0.700. The zero-order valence-corrected chi connectivity index (χ0v) is 10.8. The van der Waals surface area contributed by atoms with Crippen molar-refractivity contribution in [1.82, 2.24) is 5.32 Å². The normalized spacial score (nSPS) is 11.9. The summed E-state index contributed by atoms with van der Waals surface area (Å²) in [4.78, 5) is 11.7. The molecule has 1 unspecified atom stereocenters. The molecule has 0 spiro atoms. The molecule has 1 aromatic rings. The van der Waals surface area contributed by atoms with Gasteiger partial charge in [-0.1, -0.05) is 18.2 Å². The molecular formula is C13H20N2O3. The number of ether oxygens (including phenoxy) is 2. The van der Waals surface area contributed by atoms with Crippen molar-refractivity contribution in [1.29, 1.82) is 0 Å². The molecule has 0 aromatic heterocycles. The molecule has 0 saturated heterocycles. The van der Waals surface area contributed by atoms with E-state index in [2.05, 4.69) is 5.32 Å². The minimum absolute atomic E-state index is 0.168. The first kappa shape index (κ1) is 14.5. The van der Waals surface area contributed by atoms with Crippen molar-refractivity contribution >= 4 is 5.91 Å². The highest BCUT2D eigenvalue weighted by Gasteiger charge is 2.15. The van der Waals surface area contributed by atoms with E-state index in [1.54, 1.807) is 20.1 Å². The van der Waals surface area contributed by atoms with Crippen molar-refractivity contribution in [2.45, 2.75) is 19.6 Å². The molecule has 1 aromatic carbocycles. The molecule has 5 heteroatoms. The van der Waals surface area contributed by atoms with Gasteiger partial charge < -0.3 is 20.5 Å². The Labute approximate surface area is 107 Å². The lowest BCUT2D eigenvalue weighted by Gasteiger charge is -2.16. The van der Waals surface area contributed by atoms with Crippen LogP contribution in [0.5, 0.6) is 5.75 Å². The van der Waals surface area contributed by atoms with E-state index in [-0.39, 0.29) is 5.91 Å². The maximum absolute atomic E-state index is 11.7. The molecule has 1 atom stereocenters. The lowest BCUT2D eigenvalue weighted by molar-refractivity contribution is -0.127. The van der Waals surface area contributed by atoms with E-state index in [0.717, 1.165) is 5.56 Å². The Morgan fingerprint density at radius 3 is 2.83 bits per heavy atom. The number of carbonyl (C=O) groups excluding carboxylic acids is 1. The predicted octanol–water partition coefficient (Wildman–Crippen LogP) is 0.675. The van der Waals surface area contributed by atoms with Gasteiger partial charge in [-0.2, -0.15) is 0 Å². The van der Waals surface area contributed by atoms with Crippen molar-refractivity contribution in [3.63, 3.8) is 0 Å². The number of hydrogen-bond donors (Lipinski definition) is 2. The Morgan fingerprint density at radius 2 is 2.17 bits per heavy atom. The standard InChI is InChI=1S/C13H20N2O3/c1-10(13(16)15-7-8-17-2)18-12-6-4-3-5-11(12)9-14/h3-6,10H,7-9,14H2,1-2H3,(H,15,16). The predicted molar refractivity (Wildman–Crippen MR) is 69.3 cm³/mol. The minimum atomic E-state index is -0.561. The molecule has 0 heterocycles. The van der Waals surface area contributed by atoms with Crippen LogP contribution in [0.4, 0.5) is 0 Å². The number of amides is 1. The van der Waals surface area contributed by atoms with Crippen LogP contribution in [0.3, 0.4) is 0 Å². The van der Waals surface area contributed by atoms with Crippen molar-refractivity contribution in [3.05, 3.63) is 29.8 Å². The molecule has 0 aliphatic heterocycles. The first-order valence-corrected chi connectivity index (χ1v) is 5.90. The van der Waals surface area contributed by atoms with Crippen LogP contribution in [0.15, 0.2) is 24.3 Å². The van der Waals surface area contributed by atoms with Gasteiger partial charge in [0.05, 0.1) is 6.61 Å². The van der Waals surface area contributed by atoms with Crippen LogP contribution in [0.25, 0.3) is 0 Å². The summed E-state index contributed by atoms with van der Waals surface area (Å²) in [6.07, 6.45) is -0.561. The molecule has 18 heavy (non-hydrogen) atoms. The largest absolute Gasteiger partial charge is 0.481 e. The fraction of sp³-hybridized carbons (Fsp3) is 0.462. The van der Waals surface area contributed by atoms with Gasteiger partial charge in [-0.3, -0.25) is 4.79 Å². The monoisotopic (exact) mass is 252 g/mol. The van der Waals surface area contributed by atoms with Gasteiger partial charge in [0.1, 0.15) is 5.75 Å². The van der Waals surface area contributed by atoms with E-state index in [1.807, 2.05) is 18.2 Å². The Balaban J connectivity index is 2.52. The second kappa shape index (κ2) is 7.68. The van der Waals surface area contributed by atoms with Crippen LogP contribution in [-0.2, 0) is 16.1 Å². The van der Waals surface area contributed by atoms with Gasteiger partial charge in [-0.15, -0.1) is 0 Å². The molecule has 0 aliphatic rings. The summed E-state index contributed by atoms with van der Waals surface area (Å²) in [5.41, 5.74) is 6.49. The Bertz CT molecular complexity index is 382. The van der Waals surface area contributed by atoms with Crippen LogP contribution < -0.4 is 15.8 Å². The highest BCUT2D eigenvalue weighted by Crippen LogP contribution is 2.18. The summed E-state index contributed by atoms with van der Waals surface area (Å²) >= 11 is 0. The third kappa shape index (κ3) is 4.35. The molecule has 100 valence electrons. The van der Waals surface area contributed by atoms with E-state index >= 15 is 0 Å². The van der Waals surface area contributed by atoms with E-state index in [0.29, 0.717) is 25.4 Å². The summed E-state index contributed by atoms with van der Waals surface area (Å²) in [5, 5.41) is 2.72. The fourth-order valence-electron chi connectivity index (χ4n) is 1.45. The van der Waals surface area contributed by atoms with Crippen molar-refractivity contribution in [2.24, 2.45) is 5.73 Å². The molecule has 0 fully saturated rings. The third-order valence-electron chi connectivity index (χ3n) is 2.47. The van der Waals surface area contributed by atoms with Crippen LogP contribution in [-0.4, -0.2) is 32.3 Å². The lowest BCUT2D eigenvalue weighted by Crippen LogP contribution is -2.38. The van der Waals surface area contributed by atoms with Gasteiger partial charge in [0.25, 0.3) is 5.91 Å². The fourth-order valence-corrected chi connectivity index (χ4v) is 1.45. The van der Waals surface area contributed by atoms with E-state index < -0.39 is 6.10 Å². The van der Waals surface area contributed by atoms with Gasteiger partial charge in [0, 0.05) is 25.8 Å². The van der Waals surface area contributed by atoms with E-state index in [4.69, 9.17) is 15.2 Å². The second-order valence-corrected chi connectivity index (χ2v) is 3.86. The highest BCUT2D eigenvalue weighted by atomic mass is 16.5. The molecule has 5 nitrogen and oxygen atoms in total. The van der Waals surface area contributed by atoms with E-state index in [1.165, 1.54) is 0 Å². The summed E-state index contributed by atoms with van der Waals surface area (Å²) in [5.74, 6) is 0.480. The molecule has 0 saturated carbocycles. The van der Waals surface area contributed by atoms with Crippen LogP contribution in [0.1, 0.15) is 12.5 Å². The topological polar surface area (TPSA) is 73.6 Å². The van der Waals surface area contributed by atoms with Crippen molar-refractivity contribution in [3.8, 4) is 5.75 Å². The zero-order valence-electron chi connectivity index (χ0n) is 10.8. The van der Waals surface area contributed by atoms with Gasteiger partial charge in [-0.05, 0) is 13.0 Å². The number of methoxy groups -OCH3 is 1. The number of nitrogens with two attached hydrogens (primary N) is 1. The number of carbonyl (C=O) groups is 1. The zero-order chi connectivity index (χ0) is 13.4. The second-order valence-electron chi connectivity index (χ2n) is 3.86. The third-order valence-corrected chi connectivity index (χ3v) is 2.47. The molecule has 0 aliphatic carbocycles. The van der Waals surface area contributed by atoms with Gasteiger partial charge in [0.2, 0.25) is 0 Å². The average molecular weight is 252 g/mol. The number of nitrogens with one attached hydrogen (secondary N) is 1. The van der Waals surface area contributed by atoms with Crippen LogP contribution in [0, 0.1) is 0 Å². The van der Waals surface area contributed by atoms with E-state index in [9.17, 15) is 4.79 Å². The number of benzene rings is 1. The van der Waals surface area contributed by atoms with Gasteiger partial charge in [0.15, 0.2) is 6.10 Å². The SMILES string of the molecule is COCCNC(=O)C(C)Oc1ccccc1CN. The molecule has 0 bridgehead atoms. The Kier molecular flexibility index (Phi) is 6.18. The molecule has 0 radical (unpaired) electrons. The molecule has 1 amide bonds. The average Bonchev–Trinajstić information content (AvgIpc) is 2.39. The summed E-state index contributed by atoms with van der Waals surface area (Å²) in [7, 11) is 1.59. The lowest BCUT2D eigenvalue weighted by atomic mass is 10.2. The van der Waals surface area contributed by atoms with Crippen molar-refractivity contribution in [2.75, 3.05) is 20.3 Å².